The molecule has 0 radical (unpaired) electrons. The summed E-state index contributed by atoms with van der Waals surface area (Å²) in [5.41, 5.74) is 4.93. The second-order valence-corrected chi connectivity index (χ2v) is 7.69. The fourth-order valence-corrected chi connectivity index (χ4v) is 3.80. The van der Waals surface area contributed by atoms with Crippen LogP contribution in [0.4, 0.5) is 5.69 Å². The van der Waals surface area contributed by atoms with Crippen molar-refractivity contribution in [2.45, 2.75) is 26.8 Å². The lowest BCUT2D eigenvalue weighted by atomic mass is 9.94. The molecular weight excluding hydrogens is 414 g/mol. The zero-order valence-corrected chi connectivity index (χ0v) is 19.3. The van der Waals surface area contributed by atoms with Gasteiger partial charge in [0.1, 0.15) is 0 Å². The highest BCUT2D eigenvalue weighted by atomic mass is 32.1. The second-order valence-electron chi connectivity index (χ2n) is 7.28. The van der Waals surface area contributed by atoms with Crippen LogP contribution < -0.4 is 30.2 Å². The van der Waals surface area contributed by atoms with Gasteiger partial charge in [0, 0.05) is 11.4 Å². The fourth-order valence-electron chi connectivity index (χ4n) is 3.53. The number of benzene rings is 2. The van der Waals surface area contributed by atoms with E-state index in [2.05, 4.69) is 16.0 Å². The first-order valence-corrected chi connectivity index (χ1v) is 10.2. The van der Waals surface area contributed by atoms with Gasteiger partial charge in [-0.2, -0.15) is 0 Å². The van der Waals surface area contributed by atoms with Crippen LogP contribution in [0.2, 0.25) is 0 Å². The summed E-state index contributed by atoms with van der Waals surface area (Å²) in [6, 6.07) is 8.93. The van der Waals surface area contributed by atoms with E-state index in [1.165, 1.54) is 0 Å². The molecule has 1 aliphatic heterocycles. The number of rotatable bonds is 6. The number of carbonyl (C=O) groups is 1. The highest BCUT2D eigenvalue weighted by Gasteiger charge is 2.31. The van der Waals surface area contributed by atoms with Gasteiger partial charge < -0.3 is 30.2 Å². The van der Waals surface area contributed by atoms with E-state index in [9.17, 15) is 4.79 Å². The quantitative estimate of drug-likeness (QED) is 0.589. The third-order valence-corrected chi connectivity index (χ3v) is 5.52. The van der Waals surface area contributed by atoms with Gasteiger partial charge in [0.05, 0.1) is 32.9 Å². The van der Waals surface area contributed by atoms with Gasteiger partial charge in [-0.25, -0.2) is 0 Å². The molecule has 2 aromatic rings. The number of nitrogens with one attached hydrogen (secondary N) is 3. The van der Waals surface area contributed by atoms with Gasteiger partial charge in [-0.15, -0.1) is 0 Å². The Hall–Kier alpha value is -3.26. The number of ether oxygens (including phenoxy) is 3. The lowest BCUT2D eigenvalue weighted by Gasteiger charge is -2.31. The summed E-state index contributed by atoms with van der Waals surface area (Å²) in [6.07, 6.45) is 0. The summed E-state index contributed by atoms with van der Waals surface area (Å²) in [5.74, 6) is 1.23. The van der Waals surface area contributed by atoms with Gasteiger partial charge in [0.2, 0.25) is 5.75 Å². The molecule has 8 heteroatoms. The number of carbonyl (C=O) groups excluding carboxylic acids is 1. The third kappa shape index (κ3) is 4.59. The average Bonchev–Trinajstić information content (AvgIpc) is 2.74. The monoisotopic (exact) mass is 441 g/mol. The summed E-state index contributed by atoms with van der Waals surface area (Å²) >= 11 is 5.36. The van der Waals surface area contributed by atoms with Gasteiger partial charge >= 0.3 is 0 Å². The van der Waals surface area contributed by atoms with Crippen molar-refractivity contribution in [3.8, 4) is 17.2 Å². The Morgan fingerprint density at radius 1 is 0.968 bits per heavy atom. The number of hydrogen-bond donors (Lipinski definition) is 3. The first-order valence-electron chi connectivity index (χ1n) is 9.75. The van der Waals surface area contributed by atoms with Gasteiger partial charge in [-0.3, -0.25) is 4.79 Å². The molecule has 0 unspecified atom stereocenters. The van der Waals surface area contributed by atoms with Crippen molar-refractivity contribution in [3.05, 3.63) is 58.3 Å². The highest BCUT2D eigenvalue weighted by molar-refractivity contribution is 7.80. The number of aryl methyl sites for hydroxylation is 2. The van der Waals surface area contributed by atoms with E-state index in [4.69, 9.17) is 26.4 Å². The van der Waals surface area contributed by atoms with E-state index < -0.39 is 6.04 Å². The van der Waals surface area contributed by atoms with Crippen molar-refractivity contribution in [1.29, 1.82) is 0 Å². The van der Waals surface area contributed by atoms with Crippen LogP contribution in [0.15, 0.2) is 41.6 Å². The van der Waals surface area contributed by atoms with Gasteiger partial charge in [0.15, 0.2) is 16.6 Å². The molecule has 0 aliphatic carbocycles. The number of amides is 1. The molecule has 164 valence electrons. The second kappa shape index (κ2) is 9.26. The molecule has 3 rings (SSSR count). The van der Waals surface area contributed by atoms with E-state index in [1.54, 1.807) is 21.3 Å². The summed E-state index contributed by atoms with van der Waals surface area (Å²) in [6.45, 7) is 5.87. The molecule has 1 amide bonds. The molecule has 0 bridgehead atoms. The topological polar surface area (TPSA) is 80.9 Å². The predicted molar refractivity (Wildman–Crippen MR) is 125 cm³/mol. The van der Waals surface area contributed by atoms with E-state index in [0.29, 0.717) is 33.6 Å². The van der Waals surface area contributed by atoms with Crippen LogP contribution in [0.1, 0.15) is 29.7 Å². The van der Waals surface area contributed by atoms with E-state index in [1.807, 2.05) is 51.1 Å². The molecule has 0 fully saturated rings. The number of methoxy groups -OCH3 is 3. The molecule has 3 N–H and O–H groups in total. The molecule has 1 atom stereocenters. The molecule has 31 heavy (non-hydrogen) atoms. The van der Waals surface area contributed by atoms with Crippen molar-refractivity contribution in [1.82, 2.24) is 10.6 Å². The zero-order chi connectivity index (χ0) is 22.7. The first kappa shape index (κ1) is 22.4. The lowest BCUT2D eigenvalue weighted by Crippen LogP contribution is -2.45. The predicted octanol–water partition coefficient (Wildman–Crippen LogP) is 3.76. The molecule has 0 saturated carbocycles. The maximum atomic E-state index is 13.3. The Bertz CT molecular complexity index is 1040. The Morgan fingerprint density at radius 3 is 2.16 bits per heavy atom. The normalized spacial score (nSPS) is 15.7. The van der Waals surface area contributed by atoms with Crippen LogP contribution >= 0.6 is 12.2 Å². The summed E-state index contributed by atoms with van der Waals surface area (Å²) in [4.78, 5) is 13.3. The molecule has 1 heterocycles. The standard InChI is InChI=1S/C23H27N3O4S/c1-12-7-8-16(9-13(12)2)25-22(27)19-14(3)24-23(31)26-20(19)15-10-17(28-4)21(30-6)18(11-15)29-5/h7-11,20H,1-6H3,(H,25,27)(H2,24,26,31)/t20-/m1/s1. The van der Waals surface area contributed by atoms with E-state index in [-0.39, 0.29) is 5.91 Å². The zero-order valence-electron chi connectivity index (χ0n) is 18.5. The summed E-state index contributed by atoms with van der Waals surface area (Å²) < 4.78 is 16.4. The lowest BCUT2D eigenvalue weighted by molar-refractivity contribution is -0.113. The Kier molecular flexibility index (Phi) is 6.70. The number of thiocarbonyl (C=S) groups is 1. The van der Waals surface area contributed by atoms with Crippen LogP contribution in [0.5, 0.6) is 17.2 Å². The summed E-state index contributed by atoms with van der Waals surface area (Å²) in [5, 5.41) is 9.66. The van der Waals surface area contributed by atoms with Crippen molar-refractivity contribution in [3.63, 3.8) is 0 Å². The smallest absolute Gasteiger partial charge is 0.255 e. The number of allylic oxidation sites excluding steroid dienone is 1. The molecule has 2 aromatic carbocycles. The molecule has 0 aromatic heterocycles. The van der Waals surface area contributed by atoms with Crippen LogP contribution in [-0.2, 0) is 4.79 Å². The van der Waals surface area contributed by atoms with Crippen molar-refractivity contribution in [2.75, 3.05) is 26.6 Å². The molecule has 0 saturated heterocycles. The minimum absolute atomic E-state index is 0.234. The van der Waals surface area contributed by atoms with E-state index >= 15 is 0 Å². The molecule has 0 spiro atoms. The van der Waals surface area contributed by atoms with Crippen molar-refractivity contribution >= 4 is 28.9 Å². The molecule has 1 aliphatic rings. The van der Waals surface area contributed by atoms with Crippen LogP contribution in [-0.4, -0.2) is 32.3 Å². The summed E-state index contributed by atoms with van der Waals surface area (Å²) in [7, 11) is 4.65. The minimum atomic E-state index is -0.506. The maximum absolute atomic E-state index is 13.3. The maximum Gasteiger partial charge on any atom is 0.255 e. The van der Waals surface area contributed by atoms with Gasteiger partial charge in [0.25, 0.3) is 5.91 Å². The molecule has 7 nitrogen and oxygen atoms in total. The minimum Gasteiger partial charge on any atom is -0.493 e. The van der Waals surface area contributed by atoms with E-state index in [0.717, 1.165) is 22.4 Å². The third-order valence-electron chi connectivity index (χ3n) is 5.30. The Morgan fingerprint density at radius 2 is 1.61 bits per heavy atom. The fraction of sp³-hybridized carbons (Fsp3) is 0.304. The number of anilines is 1. The average molecular weight is 442 g/mol. The van der Waals surface area contributed by atoms with Crippen LogP contribution in [0.25, 0.3) is 0 Å². The Labute approximate surface area is 187 Å². The molecular formula is C23H27N3O4S. The van der Waals surface area contributed by atoms with Gasteiger partial charge in [-0.05, 0) is 73.9 Å². The van der Waals surface area contributed by atoms with Crippen LogP contribution in [0, 0.1) is 13.8 Å². The number of hydrogen-bond acceptors (Lipinski definition) is 5. The highest BCUT2D eigenvalue weighted by Crippen LogP contribution is 2.41. The SMILES string of the molecule is COc1cc([C@H]2NC(=S)NC(C)=C2C(=O)Nc2ccc(C)c(C)c2)cc(OC)c1OC. The van der Waals surface area contributed by atoms with Crippen molar-refractivity contribution < 1.29 is 19.0 Å². The van der Waals surface area contributed by atoms with Crippen molar-refractivity contribution in [2.24, 2.45) is 0 Å². The Balaban J connectivity index is 2.04. The van der Waals surface area contributed by atoms with Crippen LogP contribution in [0.3, 0.4) is 0 Å². The van der Waals surface area contributed by atoms with Gasteiger partial charge in [-0.1, -0.05) is 6.07 Å². The largest absolute Gasteiger partial charge is 0.493 e. The first-order chi connectivity index (χ1) is 14.8.